The number of amides is 3. The average molecular weight is 287 g/mol. The fourth-order valence-corrected chi connectivity index (χ4v) is 1.72. The van der Waals surface area contributed by atoms with Crippen molar-refractivity contribution in [3.8, 4) is 0 Å². The normalized spacial score (nSPS) is 13.2. The van der Waals surface area contributed by atoms with Gasteiger partial charge in [0.2, 0.25) is 17.7 Å². The largest absolute Gasteiger partial charge is 0.391 e. The van der Waals surface area contributed by atoms with Gasteiger partial charge in [-0.3, -0.25) is 14.4 Å². The van der Waals surface area contributed by atoms with Crippen LogP contribution in [0.15, 0.2) is 0 Å². The molecule has 2 atom stereocenters. The summed E-state index contributed by atoms with van der Waals surface area (Å²) in [5, 5.41) is 17.0. The van der Waals surface area contributed by atoms with Crippen molar-refractivity contribution < 1.29 is 19.5 Å². The van der Waals surface area contributed by atoms with Gasteiger partial charge in [-0.05, 0) is 12.8 Å². The van der Waals surface area contributed by atoms with E-state index in [1.54, 1.807) is 0 Å². The average Bonchev–Trinajstić information content (AvgIpc) is 2.40. The Bertz CT molecular complexity index is 334. The third kappa shape index (κ3) is 8.47. The second-order valence-electron chi connectivity index (χ2n) is 4.65. The van der Waals surface area contributed by atoms with Crippen LogP contribution in [-0.4, -0.2) is 48.6 Å². The van der Waals surface area contributed by atoms with Gasteiger partial charge in [0.05, 0.1) is 6.10 Å². The summed E-state index contributed by atoms with van der Waals surface area (Å²) < 4.78 is 0. The van der Waals surface area contributed by atoms with Gasteiger partial charge in [0.25, 0.3) is 0 Å². The molecule has 116 valence electrons. The summed E-state index contributed by atoms with van der Waals surface area (Å²) in [6, 6.07) is -0.719. The minimum absolute atomic E-state index is 0.108. The number of aliphatic hydroxyl groups excluding tert-OH is 1. The lowest BCUT2D eigenvalue weighted by molar-refractivity contribution is -0.128. The van der Waals surface area contributed by atoms with Crippen LogP contribution >= 0.6 is 0 Å². The van der Waals surface area contributed by atoms with Crippen LogP contribution in [0.5, 0.6) is 0 Å². The molecule has 7 nitrogen and oxygen atoms in total. The van der Waals surface area contributed by atoms with Crippen LogP contribution < -0.4 is 16.0 Å². The number of likely N-dealkylation sites (N-methyl/N-ethyl adjacent to an activating group) is 1. The van der Waals surface area contributed by atoms with E-state index in [4.69, 9.17) is 0 Å². The molecule has 0 aliphatic carbocycles. The Hall–Kier alpha value is -1.63. The quantitative estimate of drug-likeness (QED) is 0.449. The highest BCUT2D eigenvalue weighted by atomic mass is 16.3. The molecule has 0 aromatic heterocycles. The minimum atomic E-state index is -0.719. The molecule has 3 amide bonds. The van der Waals surface area contributed by atoms with E-state index in [0.29, 0.717) is 6.42 Å². The fraction of sp³-hybridized carbons (Fsp3) is 0.769. The molecule has 0 aliphatic heterocycles. The van der Waals surface area contributed by atoms with Crippen molar-refractivity contribution >= 4 is 17.7 Å². The third-order valence-electron chi connectivity index (χ3n) is 2.76. The molecular formula is C13H25N3O4. The van der Waals surface area contributed by atoms with Crippen LogP contribution in [0, 0.1) is 0 Å². The van der Waals surface area contributed by atoms with Crippen molar-refractivity contribution in [1.82, 2.24) is 16.0 Å². The molecule has 4 N–H and O–H groups in total. The van der Waals surface area contributed by atoms with Gasteiger partial charge in [-0.2, -0.15) is 0 Å². The van der Waals surface area contributed by atoms with Crippen molar-refractivity contribution in [2.45, 2.75) is 51.7 Å². The van der Waals surface area contributed by atoms with Gasteiger partial charge < -0.3 is 21.1 Å². The molecule has 0 aliphatic rings. The zero-order chi connectivity index (χ0) is 15.5. The minimum Gasteiger partial charge on any atom is -0.391 e. The molecule has 0 rings (SSSR count). The summed E-state index contributed by atoms with van der Waals surface area (Å²) >= 11 is 0. The maximum atomic E-state index is 11.6. The van der Waals surface area contributed by atoms with Gasteiger partial charge in [-0.1, -0.05) is 13.3 Å². The van der Waals surface area contributed by atoms with Crippen LogP contribution in [-0.2, 0) is 14.4 Å². The van der Waals surface area contributed by atoms with E-state index in [9.17, 15) is 19.5 Å². The molecule has 2 unspecified atom stereocenters. The topological polar surface area (TPSA) is 108 Å². The zero-order valence-electron chi connectivity index (χ0n) is 12.4. The third-order valence-corrected chi connectivity index (χ3v) is 2.76. The molecule has 0 aromatic carbocycles. The first kappa shape index (κ1) is 18.4. The lowest BCUT2D eigenvalue weighted by Crippen LogP contribution is -2.45. The van der Waals surface area contributed by atoms with Crippen molar-refractivity contribution in [2.24, 2.45) is 0 Å². The van der Waals surface area contributed by atoms with Gasteiger partial charge in [0.1, 0.15) is 6.04 Å². The second-order valence-corrected chi connectivity index (χ2v) is 4.65. The van der Waals surface area contributed by atoms with Crippen LogP contribution in [0.1, 0.15) is 39.5 Å². The first-order valence-corrected chi connectivity index (χ1v) is 6.84. The molecule has 7 heteroatoms. The maximum Gasteiger partial charge on any atom is 0.242 e. The highest BCUT2D eigenvalue weighted by molar-refractivity contribution is 5.87. The molecule has 0 heterocycles. The molecule has 0 aromatic rings. The monoisotopic (exact) mass is 287 g/mol. The molecule has 20 heavy (non-hydrogen) atoms. The first-order chi connectivity index (χ1) is 9.40. The summed E-state index contributed by atoms with van der Waals surface area (Å²) in [5.74, 6) is -0.907. The Balaban J connectivity index is 4.10. The first-order valence-electron chi connectivity index (χ1n) is 6.84. The van der Waals surface area contributed by atoms with Crippen molar-refractivity contribution in [2.75, 3.05) is 13.6 Å². The van der Waals surface area contributed by atoms with Crippen molar-refractivity contribution in [3.05, 3.63) is 0 Å². The number of hydrogen-bond acceptors (Lipinski definition) is 4. The van der Waals surface area contributed by atoms with Gasteiger partial charge in [0, 0.05) is 26.9 Å². The highest BCUT2D eigenvalue weighted by Crippen LogP contribution is 1.99. The fourth-order valence-electron chi connectivity index (χ4n) is 1.72. The summed E-state index contributed by atoms with van der Waals surface area (Å²) in [6.07, 6.45) is 1.26. The highest BCUT2D eigenvalue weighted by Gasteiger charge is 2.19. The molecule has 0 saturated carbocycles. The lowest BCUT2D eigenvalue weighted by Gasteiger charge is -2.16. The summed E-state index contributed by atoms with van der Waals surface area (Å²) in [7, 11) is 1.47. The zero-order valence-corrected chi connectivity index (χ0v) is 12.4. The van der Waals surface area contributed by atoms with Crippen molar-refractivity contribution in [3.63, 3.8) is 0 Å². The Morgan fingerprint density at radius 1 is 1.20 bits per heavy atom. The summed E-state index contributed by atoms with van der Waals surface area (Å²) in [5.41, 5.74) is 0. The smallest absolute Gasteiger partial charge is 0.242 e. The van der Waals surface area contributed by atoms with Gasteiger partial charge in [-0.15, -0.1) is 0 Å². The lowest BCUT2D eigenvalue weighted by atomic mass is 10.1. The van der Waals surface area contributed by atoms with E-state index < -0.39 is 12.1 Å². The van der Waals surface area contributed by atoms with Crippen molar-refractivity contribution in [1.29, 1.82) is 0 Å². The van der Waals surface area contributed by atoms with E-state index >= 15 is 0 Å². The van der Waals surface area contributed by atoms with Crippen LogP contribution in [0.2, 0.25) is 0 Å². The Kier molecular flexibility index (Phi) is 9.36. The Morgan fingerprint density at radius 3 is 2.35 bits per heavy atom. The Labute approximate surface area is 119 Å². The van der Waals surface area contributed by atoms with E-state index in [-0.39, 0.29) is 37.1 Å². The molecule has 0 radical (unpaired) electrons. The number of carbonyl (C=O) groups excluding carboxylic acids is 3. The van der Waals surface area contributed by atoms with E-state index in [2.05, 4.69) is 16.0 Å². The van der Waals surface area contributed by atoms with Crippen LogP contribution in [0.25, 0.3) is 0 Å². The second kappa shape index (κ2) is 10.2. The summed E-state index contributed by atoms with van der Waals surface area (Å²) in [6.45, 7) is 3.47. The molecular weight excluding hydrogens is 262 g/mol. The predicted octanol–water partition coefficient (Wildman–Crippen LogP) is -0.705. The maximum absolute atomic E-state index is 11.6. The Morgan fingerprint density at radius 2 is 1.85 bits per heavy atom. The van der Waals surface area contributed by atoms with E-state index in [0.717, 1.165) is 6.42 Å². The molecule has 0 fully saturated rings. The molecule has 0 spiro atoms. The van der Waals surface area contributed by atoms with Gasteiger partial charge >= 0.3 is 0 Å². The number of rotatable bonds is 9. The van der Waals surface area contributed by atoms with Gasteiger partial charge in [0.15, 0.2) is 0 Å². The van der Waals surface area contributed by atoms with E-state index in [1.165, 1.54) is 14.0 Å². The van der Waals surface area contributed by atoms with Gasteiger partial charge in [-0.25, -0.2) is 0 Å². The SMILES string of the molecule is CCCC(O)CNC(=O)CCC(NC(C)=O)C(=O)NC. The molecule has 0 saturated heterocycles. The van der Waals surface area contributed by atoms with E-state index in [1.807, 2.05) is 6.92 Å². The van der Waals surface area contributed by atoms with Crippen LogP contribution in [0.4, 0.5) is 0 Å². The number of carbonyl (C=O) groups is 3. The standard InChI is InChI=1S/C13H25N3O4/c1-4-5-10(18)8-15-12(19)7-6-11(13(20)14-3)16-9(2)17/h10-11,18H,4-8H2,1-3H3,(H,14,20)(H,15,19)(H,16,17). The van der Waals surface area contributed by atoms with Crippen LogP contribution in [0.3, 0.4) is 0 Å². The number of hydrogen-bond donors (Lipinski definition) is 4. The summed E-state index contributed by atoms with van der Waals surface area (Å²) in [4.78, 5) is 34.1. The number of aliphatic hydroxyl groups is 1. The predicted molar refractivity (Wildman–Crippen MR) is 74.8 cm³/mol. The number of nitrogens with one attached hydrogen (secondary N) is 3. The molecule has 0 bridgehead atoms.